The van der Waals surface area contributed by atoms with Crippen molar-refractivity contribution in [1.29, 1.82) is 0 Å². The number of anilines is 1. The van der Waals surface area contributed by atoms with Crippen molar-refractivity contribution in [2.75, 3.05) is 17.7 Å². The highest BCUT2D eigenvalue weighted by molar-refractivity contribution is 7.92. The molecule has 2 fully saturated rings. The Balaban J connectivity index is 1.18. The lowest BCUT2D eigenvalue weighted by Gasteiger charge is -2.32. The summed E-state index contributed by atoms with van der Waals surface area (Å²) in [7, 11) is -2.10. The zero-order valence-corrected chi connectivity index (χ0v) is 42.7. The van der Waals surface area contributed by atoms with Gasteiger partial charge in [0.1, 0.15) is 41.1 Å². The van der Waals surface area contributed by atoms with E-state index in [1.807, 2.05) is 27.7 Å². The number of nitrogens with one attached hydrogen (secondary N) is 1. The fraction of sp³-hybridized carbons (Fsp3) is 0.380. The number of sulfonamides is 1. The molecule has 3 atom stereocenters. The molecular formula is C50H48BClF6N8O7S. The number of rotatable bonds is 14. The Morgan fingerprint density at radius 3 is 2.24 bits per heavy atom. The summed E-state index contributed by atoms with van der Waals surface area (Å²) in [5.74, 6) is -7.82. The average Bonchev–Trinajstić information content (AvgIpc) is 3.48. The van der Waals surface area contributed by atoms with Crippen molar-refractivity contribution in [2.45, 2.75) is 95.6 Å². The third-order valence-corrected chi connectivity index (χ3v) is 16.2. The smallest absolute Gasteiger partial charge is 0.494 e. The van der Waals surface area contributed by atoms with Crippen molar-refractivity contribution < 1.29 is 53.6 Å². The minimum absolute atomic E-state index is 0.00348. The highest BCUT2D eigenvalue weighted by Crippen LogP contribution is 2.71. The lowest BCUT2D eigenvalue weighted by molar-refractivity contribution is -0.123. The van der Waals surface area contributed by atoms with E-state index in [2.05, 4.69) is 15.5 Å². The first-order valence-corrected chi connectivity index (χ1v) is 25.6. The molecule has 74 heavy (non-hydrogen) atoms. The number of alkyl halides is 4. The molecule has 1 saturated carbocycles. The van der Waals surface area contributed by atoms with Gasteiger partial charge in [0.2, 0.25) is 15.9 Å². The van der Waals surface area contributed by atoms with Crippen LogP contribution < -0.4 is 25.4 Å². The first kappa shape index (κ1) is 51.1. The van der Waals surface area contributed by atoms with E-state index >= 15 is 22.4 Å². The molecule has 0 unspecified atom stereocenters. The number of fused-ring (bicyclic) bond motifs is 5. The Kier molecular flexibility index (Phi) is 12.1. The van der Waals surface area contributed by atoms with Gasteiger partial charge in [0.15, 0.2) is 5.82 Å². The third-order valence-electron chi connectivity index (χ3n) is 14.8. The molecule has 0 bridgehead atoms. The molecule has 2 aliphatic carbocycles. The molecule has 1 amide bonds. The normalized spacial score (nSPS) is 19.8. The summed E-state index contributed by atoms with van der Waals surface area (Å²) in [5, 5.41) is 11.3. The number of carbonyl (C=O) groups excluding carboxylic acids is 1. The molecule has 24 heteroatoms. The molecular weight excluding hydrogens is 1020 g/mol. The molecule has 10 rings (SSSR count). The van der Waals surface area contributed by atoms with E-state index in [0.29, 0.717) is 27.5 Å². The van der Waals surface area contributed by atoms with Crippen LogP contribution in [0.2, 0.25) is 5.02 Å². The van der Waals surface area contributed by atoms with Gasteiger partial charge in [0.25, 0.3) is 17.9 Å². The first-order chi connectivity index (χ1) is 34.6. The lowest BCUT2D eigenvalue weighted by atomic mass is 9.79. The summed E-state index contributed by atoms with van der Waals surface area (Å²) >= 11 is 6.96. The number of methoxy groups -OCH3 is 1. The Hall–Kier alpha value is -6.43. The molecule has 15 nitrogen and oxygen atoms in total. The van der Waals surface area contributed by atoms with E-state index < -0.39 is 106 Å². The molecule has 1 aliphatic heterocycles. The lowest BCUT2D eigenvalue weighted by Crippen LogP contribution is -2.41. The topological polar surface area (TPSA) is 165 Å². The summed E-state index contributed by atoms with van der Waals surface area (Å²) in [5.41, 5.74) is -4.53. The number of ether oxygens (including phenoxy) is 1. The highest BCUT2D eigenvalue weighted by atomic mass is 35.5. The van der Waals surface area contributed by atoms with Crippen molar-refractivity contribution in [1.82, 2.24) is 34.4 Å². The van der Waals surface area contributed by atoms with Crippen LogP contribution in [-0.2, 0) is 62.0 Å². The molecule has 1 N–H and O–H groups in total. The summed E-state index contributed by atoms with van der Waals surface area (Å²) < 4.78 is 140. The van der Waals surface area contributed by atoms with Crippen LogP contribution in [0.3, 0.4) is 0 Å². The molecule has 1 saturated heterocycles. The minimum Gasteiger partial charge on any atom is -0.497 e. The standard InChI is InChI=1S/C50H48BClF6N8O7S/c1-47(2)48(3,4)73-51(72-47)27-11-14-31-33(20-27)60-44(66(46(31)68)35-16-15-32(52)38-41(35)63(6)62-45(38)65(74(8,69)70)23-25-9-12-30(71-7)13-10-25)34(19-26-17-28(53)21-29(54)18-26)59-37(67)24-64-42-39(40(61-64)43(55)56)49(5)22-36(49)50(42,57)58/h9-18,20-21,34,36,43H,19,22-24H2,1-8H3,(H,59,67)/t34-,36+,49-/m0/s1. The van der Waals surface area contributed by atoms with Crippen LogP contribution in [0.5, 0.6) is 5.75 Å². The Morgan fingerprint density at radius 1 is 0.959 bits per heavy atom. The van der Waals surface area contributed by atoms with E-state index in [4.69, 9.17) is 30.6 Å². The summed E-state index contributed by atoms with van der Waals surface area (Å²) in [6.07, 6.45) is -2.81. The van der Waals surface area contributed by atoms with E-state index in [1.165, 1.54) is 44.0 Å². The van der Waals surface area contributed by atoms with Crippen LogP contribution in [0.15, 0.2) is 77.6 Å². The van der Waals surface area contributed by atoms with Crippen molar-refractivity contribution in [2.24, 2.45) is 13.0 Å². The zero-order chi connectivity index (χ0) is 53.4. The Bertz CT molecular complexity index is 3610. The van der Waals surface area contributed by atoms with Gasteiger partial charge in [-0.3, -0.25) is 23.5 Å². The van der Waals surface area contributed by atoms with Gasteiger partial charge in [-0.15, -0.1) is 0 Å². The maximum atomic E-state index is 16.0. The number of nitrogens with zero attached hydrogens (tertiary/aromatic N) is 7. The summed E-state index contributed by atoms with van der Waals surface area (Å²) in [6.45, 7) is 7.63. The molecule has 4 aromatic carbocycles. The molecule has 0 radical (unpaired) electrons. The number of amides is 1. The number of hydrogen-bond donors (Lipinski definition) is 1. The monoisotopic (exact) mass is 1060 g/mol. The van der Waals surface area contributed by atoms with Gasteiger partial charge in [-0.05, 0) is 99.2 Å². The average molecular weight is 1070 g/mol. The molecule has 388 valence electrons. The number of aromatic nitrogens is 6. The predicted molar refractivity (Wildman–Crippen MR) is 264 cm³/mol. The first-order valence-electron chi connectivity index (χ1n) is 23.3. The molecule has 0 spiro atoms. The molecule has 4 heterocycles. The molecule has 7 aromatic rings. The van der Waals surface area contributed by atoms with E-state index in [1.54, 1.807) is 36.4 Å². The second-order valence-corrected chi connectivity index (χ2v) is 22.6. The highest BCUT2D eigenvalue weighted by Gasteiger charge is 2.74. The van der Waals surface area contributed by atoms with E-state index in [0.717, 1.165) is 27.3 Å². The maximum absolute atomic E-state index is 16.0. The van der Waals surface area contributed by atoms with Crippen LogP contribution in [0.1, 0.15) is 87.4 Å². The van der Waals surface area contributed by atoms with Crippen LogP contribution >= 0.6 is 11.6 Å². The van der Waals surface area contributed by atoms with Gasteiger partial charge < -0.3 is 19.4 Å². The van der Waals surface area contributed by atoms with Crippen molar-refractivity contribution in [3.8, 4) is 11.4 Å². The van der Waals surface area contributed by atoms with Gasteiger partial charge in [0, 0.05) is 36.4 Å². The van der Waals surface area contributed by atoms with Crippen LogP contribution in [0, 0.1) is 17.6 Å². The van der Waals surface area contributed by atoms with Crippen molar-refractivity contribution in [3.63, 3.8) is 0 Å². The zero-order valence-electron chi connectivity index (χ0n) is 41.1. The number of hydrogen-bond acceptors (Lipinski definition) is 10. The van der Waals surface area contributed by atoms with Gasteiger partial charge in [0.05, 0.1) is 69.7 Å². The number of aryl methyl sites for hydroxylation is 1. The fourth-order valence-electron chi connectivity index (χ4n) is 10.3. The van der Waals surface area contributed by atoms with Crippen molar-refractivity contribution >= 4 is 67.7 Å². The third kappa shape index (κ3) is 8.48. The van der Waals surface area contributed by atoms with Crippen LogP contribution in [0.25, 0.3) is 27.5 Å². The summed E-state index contributed by atoms with van der Waals surface area (Å²) in [4.78, 5) is 35.0. The van der Waals surface area contributed by atoms with Crippen LogP contribution in [-0.4, -0.2) is 75.1 Å². The minimum atomic E-state index is -4.13. The van der Waals surface area contributed by atoms with Crippen LogP contribution in [0.4, 0.5) is 32.2 Å². The predicted octanol–water partition coefficient (Wildman–Crippen LogP) is 8.10. The second kappa shape index (κ2) is 17.6. The largest absolute Gasteiger partial charge is 0.497 e. The number of halogens is 7. The van der Waals surface area contributed by atoms with E-state index in [-0.39, 0.29) is 68.3 Å². The van der Waals surface area contributed by atoms with Gasteiger partial charge >= 0.3 is 7.12 Å². The Morgan fingerprint density at radius 2 is 1.62 bits per heavy atom. The van der Waals surface area contributed by atoms with Crippen molar-refractivity contribution in [3.05, 3.63) is 134 Å². The number of carbonyl (C=O) groups is 1. The quantitative estimate of drug-likeness (QED) is 0.0832. The number of benzene rings is 4. The SMILES string of the molecule is COc1ccc(CN(c2nn(C)c3c(-n4c([C@H](Cc5cc(F)cc(F)c5)NC(=O)Cn5nc(C(F)F)c6c5C(F)(F)[C@@H]5C[C@]65C)nc5cc(B6OC(C)(C)C(C)(C)O6)ccc5c4=O)ccc(Cl)c23)S(C)(=O)=O)cc1. The van der Waals surface area contributed by atoms with E-state index in [9.17, 15) is 22.0 Å². The fourth-order valence-corrected chi connectivity index (χ4v) is 11.3. The van der Waals surface area contributed by atoms with Gasteiger partial charge in [-0.2, -0.15) is 19.0 Å². The maximum Gasteiger partial charge on any atom is 0.494 e. The Labute approximate surface area is 425 Å². The molecule has 3 aliphatic rings. The second-order valence-electron chi connectivity index (χ2n) is 20.3. The summed E-state index contributed by atoms with van der Waals surface area (Å²) in [6, 6.07) is 15.2. The van der Waals surface area contributed by atoms with Gasteiger partial charge in [-0.1, -0.05) is 36.7 Å². The molecule has 3 aromatic heterocycles. The van der Waals surface area contributed by atoms with Gasteiger partial charge in [-0.25, -0.2) is 35.3 Å².